The summed E-state index contributed by atoms with van der Waals surface area (Å²) < 4.78 is 11.2. The SMILES string of the molecule is CCOC(=O)C=Cc1c(C)n(C(=O)O)c2ccc(OC)cc12. The fourth-order valence-electron chi connectivity index (χ4n) is 2.35. The second kappa shape index (κ2) is 6.34. The van der Waals surface area contributed by atoms with Gasteiger partial charge >= 0.3 is 12.1 Å². The molecule has 22 heavy (non-hydrogen) atoms. The molecule has 0 saturated heterocycles. The Bertz CT molecular complexity index is 757. The first-order valence-corrected chi connectivity index (χ1v) is 6.76. The first-order chi connectivity index (χ1) is 10.5. The molecule has 0 aliphatic carbocycles. The number of rotatable bonds is 4. The van der Waals surface area contributed by atoms with Crippen molar-refractivity contribution in [1.82, 2.24) is 4.57 Å². The molecule has 0 bridgehead atoms. The van der Waals surface area contributed by atoms with Crippen LogP contribution in [0.3, 0.4) is 0 Å². The van der Waals surface area contributed by atoms with E-state index in [-0.39, 0.29) is 6.61 Å². The molecule has 0 atom stereocenters. The maximum absolute atomic E-state index is 11.5. The monoisotopic (exact) mass is 303 g/mol. The van der Waals surface area contributed by atoms with Gasteiger partial charge in [0.15, 0.2) is 0 Å². The van der Waals surface area contributed by atoms with E-state index in [2.05, 4.69) is 0 Å². The van der Waals surface area contributed by atoms with Crippen molar-refractivity contribution < 1.29 is 24.2 Å². The third kappa shape index (κ3) is 2.81. The second-order valence-electron chi connectivity index (χ2n) is 4.59. The predicted octanol–water partition coefficient (Wildman–Crippen LogP) is 3.06. The lowest BCUT2D eigenvalue weighted by Gasteiger charge is -2.01. The average Bonchev–Trinajstić information content (AvgIpc) is 2.76. The van der Waals surface area contributed by atoms with Crippen molar-refractivity contribution in [2.24, 2.45) is 0 Å². The van der Waals surface area contributed by atoms with Gasteiger partial charge in [-0.2, -0.15) is 0 Å². The molecular weight excluding hydrogens is 286 g/mol. The van der Waals surface area contributed by atoms with Gasteiger partial charge in [-0.15, -0.1) is 0 Å². The number of hydrogen-bond donors (Lipinski definition) is 1. The first kappa shape index (κ1) is 15.6. The van der Waals surface area contributed by atoms with Crippen molar-refractivity contribution in [3.05, 3.63) is 35.5 Å². The Labute approximate surface area is 127 Å². The molecule has 0 unspecified atom stereocenters. The molecule has 0 aliphatic rings. The largest absolute Gasteiger partial charge is 0.497 e. The van der Waals surface area contributed by atoms with Gasteiger partial charge in [0.1, 0.15) is 5.75 Å². The van der Waals surface area contributed by atoms with Crippen molar-refractivity contribution in [2.75, 3.05) is 13.7 Å². The minimum absolute atomic E-state index is 0.285. The number of methoxy groups -OCH3 is 1. The number of benzene rings is 1. The predicted molar refractivity (Wildman–Crippen MR) is 82.3 cm³/mol. The zero-order valence-corrected chi connectivity index (χ0v) is 12.6. The molecule has 116 valence electrons. The Morgan fingerprint density at radius 1 is 1.36 bits per heavy atom. The van der Waals surface area contributed by atoms with Crippen molar-refractivity contribution in [1.29, 1.82) is 0 Å². The van der Waals surface area contributed by atoms with E-state index >= 15 is 0 Å². The summed E-state index contributed by atoms with van der Waals surface area (Å²) in [6.07, 6.45) is 1.77. The molecule has 2 aromatic rings. The Kier molecular flexibility index (Phi) is 4.50. The summed E-state index contributed by atoms with van der Waals surface area (Å²) in [6.45, 7) is 3.69. The van der Waals surface area contributed by atoms with Gasteiger partial charge in [0.25, 0.3) is 0 Å². The van der Waals surface area contributed by atoms with E-state index < -0.39 is 12.1 Å². The highest BCUT2D eigenvalue weighted by Crippen LogP contribution is 2.30. The Morgan fingerprint density at radius 2 is 2.09 bits per heavy atom. The smallest absolute Gasteiger partial charge is 0.416 e. The van der Waals surface area contributed by atoms with E-state index in [0.29, 0.717) is 27.9 Å². The van der Waals surface area contributed by atoms with E-state index in [1.54, 1.807) is 38.1 Å². The Morgan fingerprint density at radius 3 is 2.68 bits per heavy atom. The Hall–Kier alpha value is -2.76. The molecule has 1 N–H and O–H groups in total. The molecule has 6 nitrogen and oxygen atoms in total. The van der Waals surface area contributed by atoms with Crippen molar-refractivity contribution >= 4 is 29.0 Å². The van der Waals surface area contributed by atoms with E-state index in [1.165, 1.54) is 17.8 Å². The van der Waals surface area contributed by atoms with Crippen LogP contribution in [-0.4, -0.2) is 35.5 Å². The highest BCUT2D eigenvalue weighted by Gasteiger charge is 2.17. The van der Waals surface area contributed by atoms with Gasteiger partial charge < -0.3 is 14.6 Å². The molecule has 1 aromatic heterocycles. The maximum Gasteiger partial charge on any atom is 0.416 e. The van der Waals surface area contributed by atoms with Crippen LogP contribution in [0.5, 0.6) is 5.75 Å². The highest BCUT2D eigenvalue weighted by molar-refractivity contribution is 5.99. The van der Waals surface area contributed by atoms with Gasteiger partial charge in [-0.3, -0.25) is 0 Å². The summed E-state index contributed by atoms with van der Waals surface area (Å²) >= 11 is 0. The number of carboxylic acid groups (broad SMARTS) is 1. The molecule has 0 radical (unpaired) electrons. The molecule has 1 aromatic carbocycles. The van der Waals surface area contributed by atoms with Crippen LogP contribution in [0.4, 0.5) is 4.79 Å². The van der Waals surface area contributed by atoms with Crippen molar-refractivity contribution in [3.63, 3.8) is 0 Å². The van der Waals surface area contributed by atoms with Crippen LogP contribution in [-0.2, 0) is 9.53 Å². The van der Waals surface area contributed by atoms with Crippen LogP contribution in [0.1, 0.15) is 18.2 Å². The van der Waals surface area contributed by atoms with Gasteiger partial charge in [-0.25, -0.2) is 14.2 Å². The van der Waals surface area contributed by atoms with E-state index in [1.807, 2.05) is 0 Å². The van der Waals surface area contributed by atoms with Gasteiger partial charge in [0.2, 0.25) is 0 Å². The van der Waals surface area contributed by atoms with Gasteiger partial charge in [0, 0.05) is 22.7 Å². The molecule has 0 aliphatic heterocycles. The summed E-state index contributed by atoms with van der Waals surface area (Å²) in [6, 6.07) is 5.11. The van der Waals surface area contributed by atoms with Crippen LogP contribution in [0.2, 0.25) is 0 Å². The maximum atomic E-state index is 11.5. The number of nitrogens with zero attached hydrogens (tertiary/aromatic N) is 1. The van der Waals surface area contributed by atoms with Crippen LogP contribution in [0, 0.1) is 6.92 Å². The van der Waals surface area contributed by atoms with Gasteiger partial charge in [-0.1, -0.05) is 0 Å². The number of fused-ring (bicyclic) bond motifs is 1. The normalized spacial score (nSPS) is 11.0. The molecule has 6 heteroatoms. The van der Waals surface area contributed by atoms with Crippen LogP contribution in [0.15, 0.2) is 24.3 Å². The highest BCUT2D eigenvalue weighted by atomic mass is 16.5. The number of hydrogen-bond acceptors (Lipinski definition) is 4. The summed E-state index contributed by atoms with van der Waals surface area (Å²) in [5.74, 6) is 0.141. The minimum atomic E-state index is -1.08. The average molecular weight is 303 g/mol. The molecule has 0 amide bonds. The molecular formula is C16H17NO5. The Balaban J connectivity index is 2.63. The quantitative estimate of drug-likeness (QED) is 0.693. The summed E-state index contributed by atoms with van der Waals surface area (Å²) in [5, 5.41) is 10.1. The fourth-order valence-corrected chi connectivity index (χ4v) is 2.35. The lowest BCUT2D eigenvalue weighted by Crippen LogP contribution is -2.09. The lowest BCUT2D eigenvalue weighted by molar-refractivity contribution is -0.137. The van der Waals surface area contributed by atoms with E-state index in [4.69, 9.17) is 9.47 Å². The molecule has 0 saturated carbocycles. The number of aromatic nitrogens is 1. The summed E-state index contributed by atoms with van der Waals surface area (Å²) in [4.78, 5) is 22.9. The number of carbonyl (C=O) groups excluding carboxylic acids is 1. The molecule has 1 heterocycles. The molecule has 0 fully saturated rings. The number of carbonyl (C=O) groups is 2. The number of esters is 1. The van der Waals surface area contributed by atoms with Crippen LogP contribution in [0.25, 0.3) is 17.0 Å². The third-order valence-corrected chi connectivity index (χ3v) is 3.32. The van der Waals surface area contributed by atoms with Crippen LogP contribution < -0.4 is 4.74 Å². The summed E-state index contributed by atoms with van der Waals surface area (Å²) in [5.41, 5.74) is 1.70. The van der Waals surface area contributed by atoms with Crippen molar-refractivity contribution in [2.45, 2.75) is 13.8 Å². The van der Waals surface area contributed by atoms with Gasteiger partial charge in [0.05, 0.1) is 19.2 Å². The topological polar surface area (TPSA) is 77.8 Å². The zero-order valence-electron chi connectivity index (χ0n) is 12.6. The first-order valence-electron chi connectivity index (χ1n) is 6.76. The fraction of sp³-hybridized carbons (Fsp3) is 0.250. The van der Waals surface area contributed by atoms with Crippen molar-refractivity contribution in [3.8, 4) is 5.75 Å². The summed E-state index contributed by atoms with van der Waals surface area (Å²) in [7, 11) is 1.54. The van der Waals surface area contributed by atoms with E-state index in [9.17, 15) is 14.7 Å². The lowest BCUT2D eigenvalue weighted by atomic mass is 10.1. The molecule has 2 rings (SSSR count). The zero-order chi connectivity index (χ0) is 16.3. The number of ether oxygens (including phenoxy) is 2. The van der Waals surface area contributed by atoms with Gasteiger partial charge in [-0.05, 0) is 38.1 Å². The second-order valence-corrected chi connectivity index (χ2v) is 4.59. The molecule has 0 spiro atoms. The van der Waals surface area contributed by atoms with E-state index in [0.717, 1.165) is 0 Å². The minimum Gasteiger partial charge on any atom is -0.497 e. The third-order valence-electron chi connectivity index (χ3n) is 3.32. The van der Waals surface area contributed by atoms with Crippen LogP contribution >= 0.6 is 0 Å². The standard InChI is InChI=1S/C16H17NO5/c1-4-22-15(18)8-6-12-10(2)17(16(19)20)14-7-5-11(21-3)9-13(12)14/h5-9H,4H2,1-3H3,(H,19,20).